The van der Waals surface area contributed by atoms with Crippen LogP contribution >= 0.6 is 22.9 Å². The van der Waals surface area contributed by atoms with Crippen molar-refractivity contribution in [3.8, 4) is 6.07 Å². The van der Waals surface area contributed by atoms with Gasteiger partial charge in [-0.15, -0.1) is 21.6 Å². The van der Waals surface area contributed by atoms with Crippen LogP contribution in [0.25, 0.3) is 0 Å². The van der Waals surface area contributed by atoms with Gasteiger partial charge in [0.05, 0.1) is 26.7 Å². The molecule has 0 saturated carbocycles. The van der Waals surface area contributed by atoms with Gasteiger partial charge in [-0.1, -0.05) is 23.7 Å². The van der Waals surface area contributed by atoms with Crippen molar-refractivity contribution in [1.82, 2.24) is 4.90 Å². The quantitative estimate of drug-likeness (QED) is 0.184. The lowest BCUT2D eigenvalue weighted by Gasteiger charge is -2.25. The number of azo groups is 1. The molecular formula is C27H23ClN6O4S. The van der Waals surface area contributed by atoms with E-state index in [1.54, 1.807) is 36.4 Å². The third-order valence-corrected chi connectivity index (χ3v) is 7.55. The predicted octanol–water partition coefficient (Wildman–Crippen LogP) is 5.97. The van der Waals surface area contributed by atoms with Gasteiger partial charge in [-0.25, -0.2) is 0 Å². The molecule has 0 unspecified atom stereocenters. The molecule has 0 saturated heterocycles. The van der Waals surface area contributed by atoms with Gasteiger partial charge in [-0.2, -0.15) is 5.26 Å². The van der Waals surface area contributed by atoms with E-state index in [4.69, 9.17) is 11.6 Å². The Morgan fingerprint density at radius 3 is 2.46 bits per heavy atom. The number of hydrogen-bond donors (Lipinski definition) is 1. The van der Waals surface area contributed by atoms with Gasteiger partial charge in [0.15, 0.2) is 11.3 Å². The highest BCUT2D eigenvalue weighted by Crippen LogP contribution is 2.39. The maximum atomic E-state index is 12.6. The fourth-order valence-corrected chi connectivity index (χ4v) is 5.32. The average Bonchev–Trinajstić information content (AvgIpc) is 3.37. The summed E-state index contributed by atoms with van der Waals surface area (Å²) in [5.74, 6) is -0.876. The number of aldehydes is 1. The molecule has 0 aliphatic carbocycles. The highest BCUT2D eigenvalue weighted by molar-refractivity contribution is 7.18. The Labute approximate surface area is 233 Å². The molecule has 0 bridgehead atoms. The first kappa shape index (κ1) is 27.6. The van der Waals surface area contributed by atoms with Crippen molar-refractivity contribution in [3.05, 3.63) is 69.1 Å². The van der Waals surface area contributed by atoms with Crippen LogP contribution in [0.4, 0.5) is 22.1 Å². The number of amides is 3. The molecule has 0 fully saturated rings. The third-order valence-electron chi connectivity index (χ3n) is 6.05. The highest BCUT2D eigenvalue weighted by atomic mass is 35.5. The van der Waals surface area contributed by atoms with Crippen molar-refractivity contribution >= 4 is 69.0 Å². The smallest absolute Gasteiger partial charge is 0.261 e. The third kappa shape index (κ3) is 5.72. The topological polar surface area (TPSA) is 135 Å². The zero-order valence-electron chi connectivity index (χ0n) is 21.1. The Morgan fingerprint density at radius 1 is 1.18 bits per heavy atom. The minimum atomic E-state index is -0.308. The van der Waals surface area contributed by atoms with Crippen LogP contribution < -0.4 is 10.2 Å². The fourth-order valence-electron chi connectivity index (χ4n) is 4.19. The lowest BCUT2D eigenvalue weighted by molar-refractivity contribution is -0.114. The largest absolute Gasteiger partial charge is 0.372 e. The number of carbonyl (C=O) groups is 4. The summed E-state index contributed by atoms with van der Waals surface area (Å²) in [6.45, 7) is 4.81. The number of hydrogen-bond acceptors (Lipinski definition) is 9. The summed E-state index contributed by atoms with van der Waals surface area (Å²) in [5.41, 5.74) is 2.45. The summed E-state index contributed by atoms with van der Waals surface area (Å²) < 4.78 is 0. The summed E-state index contributed by atoms with van der Waals surface area (Å²) in [6, 6.07) is 14.0. The number of carbonyl (C=O) groups excluding carboxylic acids is 4. The van der Waals surface area contributed by atoms with Crippen LogP contribution in [0.5, 0.6) is 0 Å². The van der Waals surface area contributed by atoms with Crippen molar-refractivity contribution in [3.63, 3.8) is 0 Å². The van der Waals surface area contributed by atoms with Crippen LogP contribution in [0.3, 0.4) is 0 Å². The van der Waals surface area contributed by atoms with Crippen molar-refractivity contribution in [1.29, 1.82) is 5.26 Å². The average molecular weight is 563 g/mol. The monoisotopic (exact) mass is 562 g/mol. The standard InChI is InChI=1S/C27H23ClN6O4S/c1-3-33(11-6-12-34-26(37)18-7-4-5-8-19(18)27(34)38)17-9-10-21(22(13-17)30-16(2)36)31-32-25-20(14-29)24(28)23(15-35)39-25/h4-5,7-10,13,15H,3,6,11-12H2,1-2H3,(H,30,36). The zero-order chi connectivity index (χ0) is 28.1. The second kappa shape index (κ2) is 12.0. The minimum absolute atomic E-state index is 0.0312. The molecule has 12 heteroatoms. The molecule has 4 rings (SSSR count). The molecule has 2 aromatic carbocycles. The van der Waals surface area contributed by atoms with Gasteiger partial charge in [-0.05, 0) is 43.7 Å². The number of benzene rings is 2. The van der Waals surface area contributed by atoms with Gasteiger partial charge in [0.25, 0.3) is 11.8 Å². The SMILES string of the molecule is CCN(CCCN1C(=O)c2ccccc2C1=O)c1ccc(N=Nc2sc(C=O)c(Cl)c2C#N)c(NC(C)=O)c1. The molecule has 1 aliphatic heterocycles. The van der Waals surface area contributed by atoms with Crippen LogP contribution in [0.1, 0.15) is 56.2 Å². The molecule has 1 aromatic heterocycles. The second-order valence-corrected chi connectivity index (χ2v) is 9.92. The van der Waals surface area contributed by atoms with E-state index in [0.29, 0.717) is 48.3 Å². The Balaban J connectivity index is 1.51. The first-order valence-corrected chi connectivity index (χ1v) is 13.2. The number of nitrogens with zero attached hydrogens (tertiary/aromatic N) is 5. The van der Waals surface area contributed by atoms with E-state index in [1.807, 2.05) is 24.0 Å². The highest BCUT2D eigenvalue weighted by Gasteiger charge is 2.34. The first-order chi connectivity index (χ1) is 18.8. The number of rotatable bonds is 10. The maximum absolute atomic E-state index is 12.6. The molecule has 2 heterocycles. The molecule has 0 spiro atoms. The van der Waals surface area contributed by atoms with Gasteiger partial charge in [0.2, 0.25) is 5.91 Å². The number of fused-ring (bicyclic) bond motifs is 1. The second-order valence-electron chi connectivity index (χ2n) is 8.51. The molecule has 3 amide bonds. The molecule has 39 heavy (non-hydrogen) atoms. The Kier molecular flexibility index (Phi) is 8.49. The molecule has 0 radical (unpaired) electrons. The summed E-state index contributed by atoms with van der Waals surface area (Å²) in [6.07, 6.45) is 1.10. The molecular weight excluding hydrogens is 540 g/mol. The van der Waals surface area contributed by atoms with Crippen molar-refractivity contribution in [2.24, 2.45) is 10.2 Å². The van der Waals surface area contributed by atoms with E-state index in [9.17, 15) is 24.4 Å². The van der Waals surface area contributed by atoms with Crippen LogP contribution in [0, 0.1) is 11.3 Å². The van der Waals surface area contributed by atoms with Crippen LogP contribution in [0.2, 0.25) is 5.02 Å². The number of nitriles is 1. The lowest BCUT2D eigenvalue weighted by atomic mass is 10.1. The number of thiophene rings is 1. The minimum Gasteiger partial charge on any atom is -0.372 e. The summed E-state index contributed by atoms with van der Waals surface area (Å²) >= 11 is 7.00. The molecule has 3 aromatic rings. The van der Waals surface area contributed by atoms with Gasteiger partial charge < -0.3 is 10.2 Å². The number of nitrogens with one attached hydrogen (secondary N) is 1. The maximum Gasteiger partial charge on any atom is 0.261 e. The Hall–Kier alpha value is -4.40. The van der Waals surface area contributed by atoms with Gasteiger partial charge >= 0.3 is 0 Å². The van der Waals surface area contributed by atoms with E-state index >= 15 is 0 Å². The Bertz CT molecular complexity index is 1510. The van der Waals surface area contributed by atoms with Gasteiger partial charge in [0.1, 0.15) is 17.3 Å². The van der Waals surface area contributed by atoms with E-state index in [1.165, 1.54) is 11.8 Å². The molecule has 0 atom stereocenters. The van der Waals surface area contributed by atoms with Crippen LogP contribution in [-0.4, -0.2) is 48.5 Å². The Morgan fingerprint density at radius 2 is 1.87 bits per heavy atom. The van der Waals surface area contributed by atoms with E-state index in [0.717, 1.165) is 17.0 Å². The molecule has 1 N–H and O–H groups in total. The number of anilines is 2. The molecule has 198 valence electrons. The summed E-state index contributed by atoms with van der Waals surface area (Å²) in [4.78, 5) is 51.8. The normalized spacial score (nSPS) is 12.5. The van der Waals surface area contributed by atoms with Gasteiger partial charge in [-0.3, -0.25) is 24.1 Å². The summed E-state index contributed by atoms with van der Waals surface area (Å²) in [5, 5.41) is 20.6. The first-order valence-electron chi connectivity index (χ1n) is 12.0. The fraction of sp³-hybridized carbons (Fsp3) is 0.222. The summed E-state index contributed by atoms with van der Waals surface area (Å²) in [7, 11) is 0. The van der Waals surface area contributed by atoms with Crippen LogP contribution in [-0.2, 0) is 4.79 Å². The zero-order valence-corrected chi connectivity index (χ0v) is 22.7. The van der Waals surface area contributed by atoms with Crippen molar-refractivity contribution in [2.45, 2.75) is 20.3 Å². The van der Waals surface area contributed by atoms with E-state index in [2.05, 4.69) is 15.5 Å². The molecule has 10 nitrogen and oxygen atoms in total. The van der Waals surface area contributed by atoms with Crippen molar-refractivity contribution in [2.75, 3.05) is 29.9 Å². The predicted molar refractivity (Wildman–Crippen MR) is 149 cm³/mol. The lowest BCUT2D eigenvalue weighted by Crippen LogP contribution is -2.33. The van der Waals surface area contributed by atoms with Crippen molar-refractivity contribution < 1.29 is 19.2 Å². The molecule has 1 aliphatic rings. The number of halogens is 1. The number of imide groups is 1. The van der Waals surface area contributed by atoms with E-state index in [-0.39, 0.29) is 44.7 Å². The van der Waals surface area contributed by atoms with E-state index < -0.39 is 0 Å². The van der Waals surface area contributed by atoms with Crippen LogP contribution in [0.15, 0.2) is 52.7 Å². The van der Waals surface area contributed by atoms with Gasteiger partial charge in [0, 0.05) is 32.2 Å².